The summed E-state index contributed by atoms with van der Waals surface area (Å²) >= 11 is 0. The third kappa shape index (κ3) is 6.29. The number of amides is 1. The molecule has 1 amide bonds. The molecule has 0 spiro atoms. The van der Waals surface area contributed by atoms with Gasteiger partial charge >= 0.3 is 5.97 Å². The summed E-state index contributed by atoms with van der Waals surface area (Å²) in [4.78, 5) is 23.4. The number of esters is 1. The van der Waals surface area contributed by atoms with Crippen LogP contribution in [0, 0.1) is 5.92 Å². The fourth-order valence-corrected chi connectivity index (χ4v) is 1.44. The van der Waals surface area contributed by atoms with E-state index in [2.05, 4.69) is 5.32 Å². The molecule has 17 heavy (non-hydrogen) atoms. The van der Waals surface area contributed by atoms with Crippen molar-refractivity contribution in [3.05, 3.63) is 0 Å². The number of rotatable bonds is 5. The minimum Gasteiger partial charge on any atom is -0.458 e. The van der Waals surface area contributed by atoms with Crippen molar-refractivity contribution in [1.29, 1.82) is 0 Å². The van der Waals surface area contributed by atoms with Gasteiger partial charge in [0.2, 0.25) is 5.91 Å². The zero-order valence-electron chi connectivity index (χ0n) is 11.8. The molecule has 1 N–H and O–H groups in total. The Kier molecular flexibility index (Phi) is 6.21. The molecule has 4 heteroatoms. The van der Waals surface area contributed by atoms with E-state index in [0.717, 1.165) is 12.8 Å². The van der Waals surface area contributed by atoms with E-state index in [1.807, 2.05) is 13.8 Å². The van der Waals surface area contributed by atoms with Gasteiger partial charge in [-0.1, -0.05) is 13.8 Å². The lowest BCUT2D eigenvalue weighted by Crippen LogP contribution is -2.44. The monoisotopic (exact) mass is 243 g/mol. The van der Waals surface area contributed by atoms with Crippen LogP contribution >= 0.6 is 0 Å². The second-order valence-corrected chi connectivity index (χ2v) is 5.28. The molecular formula is C13H25NO3. The van der Waals surface area contributed by atoms with Gasteiger partial charge < -0.3 is 10.1 Å². The first-order chi connectivity index (χ1) is 7.71. The maximum Gasteiger partial charge on any atom is 0.328 e. The second kappa shape index (κ2) is 6.62. The van der Waals surface area contributed by atoms with Gasteiger partial charge in [-0.15, -0.1) is 0 Å². The molecular weight excluding hydrogens is 218 g/mol. The van der Waals surface area contributed by atoms with Gasteiger partial charge in [0.1, 0.15) is 11.6 Å². The van der Waals surface area contributed by atoms with Crippen molar-refractivity contribution in [1.82, 2.24) is 5.32 Å². The molecule has 0 aromatic carbocycles. The standard InChI is InChI=1S/C13H25NO3/c1-7-10(8-2)11(15)14-9(3)12(16)17-13(4,5)6/h9-10H,7-8H2,1-6H3,(H,14,15)/t9-/m1/s1. The van der Waals surface area contributed by atoms with Crippen molar-refractivity contribution in [3.8, 4) is 0 Å². The highest BCUT2D eigenvalue weighted by atomic mass is 16.6. The summed E-state index contributed by atoms with van der Waals surface area (Å²) < 4.78 is 5.19. The maximum absolute atomic E-state index is 11.8. The molecule has 0 aromatic rings. The fraction of sp³-hybridized carbons (Fsp3) is 0.846. The molecule has 0 aromatic heterocycles. The van der Waals surface area contributed by atoms with Crippen LogP contribution < -0.4 is 5.32 Å². The summed E-state index contributed by atoms with van der Waals surface area (Å²) in [6.45, 7) is 11.0. The Morgan fingerprint density at radius 3 is 2.00 bits per heavy atom. The summed E-state index contributed by atoms with van der Waals surface area (Å²) in [6.07, 6.45) is 1.56. The Balaban J connectivity index is 4.30. The van der Waals surface area contributed by atoms with Crippen LogP contribution in [-0.2, 0) is 14.3 Å². The van der Waals surface area contributed by atoms with Gasteiger partial charge in [0.15, 0.2) is 0 Å². The van der Waals surface area contributed by atoms with Gasteiger partial charge in [0, 0.05) is 5.92 Å². The molecule has 1 atom stereocenters. The smallest absolute Gasteiger partial charge is 0.328 e. The quantitative estimate of drug-likeness (QED) is 0.754. The van der Waals surface area contributed by atoms with E-state index in [9.17, 15) is 9.59 Å². The Bertz CT molecular complexity index is 264. The molecule has 0 fully saturated rings. The highest BCUT2D eigenvalue weighted by molar-refractivity contribution is 5.85. The molecule has 0 saturated heterocycles. The number of ether oxygens (including phenoxy) is 1. The lowest BCUT2D eigenvalue weighted by atomic mass is 10.0. The van der Waals surface area contributed by atoms with Gasteiger partial charge in [-0.05, 0) is 40.5 Å². The van der Waals surface area contributed by atoms with Gasteiger partial charge in [-0.3, -0.25) is 4.79 Å². The van der Waals surface area contributed by atoms with E-state index in [-0.39, 0.29) is 11.8 Å². The topological polar surface area (TPSA) is 55.4 Å². The number of hydrogen-bond donors (Lipinski definition) is 1. The minimum atomic E-state index is -0.595. The average molecular weight is 243 g/mol. The van der Waals surface area contributed by atoms with E-state index >= 15 is 0 Å². The lowest BCUT2D eigenvalue weighted by molar-refractivity contribution is -0.158. The molecule has 0 aliphatic heterocycles. The predicted octanol–water partition coefficient (Wildman–Crippen LogP) is 2.27. The van der Waals surface area contributed by atoms with Gasteiger partial charge in [-0.25, -0.2) is 4.79 Å². The highest BCUT2D eigenvalue weighted by Crippen LogP contribution is 2.10. The van der Waals surface area contributed by atoms with Crippen molar-refractivity contribution in [2.24, 2.45) is 5.92 Å². The zero-order chi connectivity index (χ0) is 13.6. The fourth-order valence-electron chi connectivity index (χ4n) is 1.44. The number of nitrogens with one attached hydrogen (secondary N) is 1. The van der Waals surface area contributed by atoms with Crippen LogP contribution in [0.2, 0.25) is 0 Å². The molecule has 0 aliphatic carbocycles. The molecule has 100 valence electrons. The van der Waals surface area contributed by atoms with Crippen molar-refractivity contribution in [2.75, 3.05) is 0 Å². The summed E-state index contributed by atoms with van der Waals surface area (Å²) in [5.74, 6) is -0.495. The Morgan fingerprint density at radius 2 is 1.65 bits per heavy atom. The van der Waals surface area contributed by atoms with Crippen molar-refractivity contribution in [2.45, 2.75) is 66.0 Å². The second-order valence-electron chi connectivity index (χ2n) is 5.28. The first-order valence-electron chi connectivity index (χ1n) is 6.24. The molecule has 0 saturated carbocycles. The van der Waals surface area contributed by atoms with Gasteiger partial charge in [0.05, 0.1) is 0 Å². The third-order valence-electron chi connectivity index (χ3n) is 2.48. The maximum atomic E-state index is 11.8. The average Bonchev–Trinajstić information content (AvgIpc) is 2.16. The van der Waals surface area contributed by atoms with Crippen LogP contribution in [0.4, 0.5) is 0 Å². The first kappa shape index (κ1) is 15.9. The van der Waals surface area contributed by atoms with E-state index in [1.54, 1.807) is 27.7 Å². The molecule has 0 heterocycles. The van der Waals surface area contributed by atoms with Gasteiger partial charge in [-0.2, -0.15) is 0 Å². The molecule has 0 aliphatic rings. The number of hydrogen-bond acceptors (Lipinski definition) is 3. The normalized spacial score (nSPS) is 13.4. The van der Waals surface area contributed by atoms with E-state index in [4.69, 9.17) is 4.74 Å². The summed E-state index contributed by atoms with van der Waals surface area (Å²) in [5.41, 5.74) is -0.523. The molecule has 0 bridgehead atoms. The zero-order valence-corrected chi connectivity index (χ0v) is 11.8. The molecule has 0 unspecified atom stereocenters. The molecule has 0 radical (unpaired) electrons. The first-order valence-corrected chi connectivity index (χ1v) is 6.24. The Hall–Kier alpha value is -1.06. The Labute approximate surface area is 104 Å². The van der Waals surface area contributed by atoms with Crippen LogP contribution in [0.3, 0.4) is 0 Å². The van der Waals surface area contributed by atoms with Crippen molar-refractivity contribution >= 4 is 11.9 Å². The summed E-state index contributed by atoms with van der Waals surface area (Å²) in [7, 11) is 0. The van der Waals surface area contributed by atoms with E-state index < -0.39 is 17.6 Å². The number of carbonyl (C=O) groups excluding carboxylic acids is 2. The molecule has 0 rings (SSSR count). The lowest BCUT2D eigenvalue weighted by Gasteiger charge is -2.23. The minimum absolute atomic E-state index is 0.0279. The third-order valence-corrected chi connectivity index (χ3v) is 2.48. The Morgan fingerprint density at radius 1 is 1.18 bits per heavy atom. The van der Waals surface area contributed by atoms with Gasteiger partial charge in [0.25, 0.3) is 0 Å². The van der Waals surface area contributed by atoms with Crippen molar-refractivity contribution in [3.63, 3.8) is 0 Å². The van der Waals surface area contributed by atoms with Crippen LogP contribution in [0.25, 0.3) is 0 Å². The largest absolute Gasteiger partial charge is 0.458 e. The SMILES string of the molecule is CCC(CC)C(=O)N[C@H](C)C(=O)OC(C)(C)C. The van der Waals surface area contributed by atoms with Crippen LogP contribution in [0.5, 0.6) is 0 Å². The van der Waals surface area contributed by atoms with Crippen molar-refractivity contribution < 1.29 is 14.3 Å². The summed E-state index contributed by atoms with van der Waals surface area (Å²) in [6, 6.07) is -0.595. The van der Waals surface area contributed by atoms with E-state index in [1.165, 1.54) is 0 Å². The highest BCUT2D eigenvalue weighted by Gasteiger charge is 2.24. The predicted molar refractivity (Wildman–Crippen MR) is 67.5 cm³/mol. The number of carbonyl (C=O) groups is 2. The van der Waals surface area contributed by atoms with Crippen LogP contribution in [-0.4, -0.2) is 23.5 Å². The van der Waals surface area contributed by atoms with Crippen LogP contribution in [0.1, 0.15) is 54.4 Å². The van der Waals surface area contributed by atoms with Crippen LogP contribution in [0.15, 0.2) is 0 Å². The van der Waals surface area contributed by atoms with E-state index in [0.29, 0.717) is 0 Å². The summed E-state index contributed by atoms with van der Waals surface area (Å²) in [5, 5.41) is 2.69. The molecule has 4 nitrogen and oxygen atoms in total.